The molecule has 85 heavy (non-hydrogen) atoms. The number of aromatic nitrogens is 12. The van der Waals surface area contributed by atoms with Gasteiger partial charge in [0.25, 0.3) is 0 Å². The molecule has 0 amide bonds. The Morgan fingerprint density at radius 3 is 0.612 bits per heavy atom. The van der Waals surface area contributed by atoms with Gasteiger partial charge in [-0.3, -0.25) is 29.9 Å². The summed E-state index contributed by atoms with van der Waals surface area (Å²) in [4.78, 5) is 49.7. The predicted octanol–water partition coefficient (Wildman–Crippen LogP) is 18.1. The average molecular weight is 1310 g/mol. The van der Waals surface area contributed by atoms with E-state index in [2.05, 4.69) is 95.3 Å². The molecule has 0 aliphatic carbocycles. The van der Waals surface area contributed by atoms with Gasteiger partial charge in [0.05, 0.1) is 50.9 Å². The van der Waals surface area contributed by atoms with Gasteiger partial charge in [-0.1, -0.05) is 35.5 Å². The second-order valence-electron chi connectivity index (χ2n) is 16.5. The molecule has 9 rings (SSSR count). The van der Waals surface area contributed by atoms with Crippen molar-refractivity contribution in [2.24, 2.45) is 0 Å². The maximum Gasteiger partial charge on any atom is 3.00 e. The van der Waals surface area contributed by atoms with E-state index in [1.807, 2.05) is 93.6 Å². The maximum absolute atomic E-state index is 10.7. The third kappa shape index (κ3) is 38.7. The first-order valence-corrected chi connectivity index (χ1v) is 28.5. The molecule has 34 heteroatoms. The number of hydrogen-bond donors (Lipinski definition) is 0. The van der Waals surface area contributed by atoms with Crippen molar-refractivity contribution in [3.8, 4) is 69.7 Å². The number of nitrogens with zero attached hydrogens (tertiary/aromatic N) is 12. The normalized spacial score (nSPS) is 13.0. The molecule has 0 spiro atoms. The van der Waals surface area contributed by atoms with E-state index < -0.39 is 23.4 Å². The summed E-state index contributed by atoms with van der Waals surface area (Å²) in [6, 6.07) is 23.3. The zero-order valence-electron chi connectivity index (χ0n) is 43.0. The molecule has 0 aliphatic rings. The first-order chi connectivity index (χ1) is 38.3. The minimum atomic E-state index is -10.7. The van der Waals surface area contributed by atoms with Gasteiger partial charge in [0, 0.05) is 91.1 Å². The molecule has 0 unspecified atom stereocenters. The maximum atomic E-state index is 9.87. The van der Waals surface area contributed by atoms with Crippen LogP contribution in [-0.2, 0) is 17.1 Å². The molecule has 9 aromatic rings. The Hall–Kier alpha value is -8.63. The zero-order valence-corrected chi connectivity index (χ0v) is 46.7. The van der Waals surface area contributed by atoms with Crippen molar-refractivity contribution in [2.45, 2.75) is 20.8 Å². The molecular weight excluding hydrogens is 1270 g/mol. The van der Waals surface area contributed by atoms with E-state index >= 15 is 0 Å². The second kappa shape index (κ2) is 26.1. The molecule has 0 aliphatic heterocycles. The van der Waals surface area contributed by atoms with Crippen molar-refractivity contribution in [2.75, 3.05) is 0 Å². The van der Waals surface area contributed by atoms with Crippen molar-refractivity contribution < 1.29 is 92.6 Å². The Morgan fingerprint density at radius 2 is 0.424 bits per heavy atom. The van der Waals surface area contributed by atoms with E-state index in [-0.39, 0.29) is 17.1 Å². The molecule has 0 N–H and O–H groups in total. The van der Waals surface area contributed by atoms with Crippen molar-refractivity contribution in [1.29, 1.82) is 0 Å². The van der Waals surface area contributed by atoms with Crippen LogP contribution in [0.5, 0.6) is 0 Å². The quantitative estimate of drug-likeness (QED) is 0.0715. The molecule has 0 atom stereocenters. The summed E-state index contributed by atoms with van der Waals surface area (Å²) in [7, 11) is -32.0. The van der Waals surface area contributed by atoms with Gasteiger partial charge in [-0.2, -0.15) is 0 Å². The van der Waals surface area contributed by atoms with Crippen LogP contribution in [0.3, 0.4) is 0 Å². The molecule has 0 aromatic carbocycles. The molecule has 0 saturated heterocycles. The first kappa shape index (κ1) is 70.6. The third-order valence-electron chi connectivity index (χ3n) is 8.55. The Balaban J connectivity index is 0.000000285. The summed E-state index contributed by atoms with van der Waals surface area (Å²) in [5.74, 6) is 18.3. The van der Waals surface area contributed by atoms with Gasteiger partial charge < -0.3 is 0 Å². The monoisotopic (exact) mass is 1310 g/mol. The Labute approximate surface area is 480 Å². The van der Waals surface area contributed by atoms with E-state index in [0.29, 0.717) is 0 Å². The molecule has 9 heterocycles. The number of rotatable bonds is 3. The zero-order chi connectivity index (χ0) is 62.7. The Kier molecular flexibility index (Phi) is 21.7. The largest absolute Gasteiger partial charge is 3.00 e. The van der Waals surface area contributed by atoms with E-state index in [1.54, 1.807) is 74.4 Å². The van der Waals surface area contributed by atoms with Gasteiger partial charge in [-0.25, -0.2) is 29.9 Å². The summed E-state index contributed by atoms with van der Waals surface area (Å²) in [5, 5.41) is 0. The predicted molar refractivity (Wildman–Crippen MR) is 281 cm³/mol. The molecule has 0 saturated carbocycles. The summed E-state index contributed by atoms with van der Waals surface area (Å²) in [6.07, 6.45) is 25.1. The first-order valence-electron chi connectivity index (χ1n) is 22.5. The fourth-order valence-electron chi connectivity index (χ4n) is 5.50. The van der Waals surface area contributed by atoms with Crippen LogP contribution >= 0.6 is 23.4 Å². The Morgan fingerprint density at radius 1 is 0.259 bits per heavy atom. The summed E-state index contributed by atoms with van der Waals surface area (Å²) in [5.41, 5.74) is 13.4. The summed E-state index contributed by atoms with van der Waals surface area (Å²) < 4.78 is 178. The smallest absolute Gasteiger partial charge is 3.00 e. The standard InChI is InChI=1S/3C17H12N4.3F6P.Fe/c3*1-13-4-6-20-16(8-13)17-9-14(5-7-21-17)2-3-15-10-18-12-19-11-15;3*1-7(2,3,4,5)6;/h3*4-12H,1H3;;;;/q;;;3*-1;+3. The van der Waals surface area contributed by atoms with Crippen LogP contribution in [0, 0.1) is 56.3 Å². The molecule has 0 fully saturated rings. The molecule has 9 aromatic heterocycles. The fourth-order valence-corrected chi connectivity index (χ4v) is 5.50. The van der Waals surface area contributed by atoms with Gasteiger partial charge in [-0.05, 0) is 110 Å². The van der Waals surface area contributed by atoms with Crippen molar-refractivity contribution >= 4 is 23.4 Å². The van der Waals surface area contributed by atoms with Gasteiger partial charge in [0.1, 0.15) is 19.0 Å². The van der Waals surface area contributed by atoms with Gasteiger partial charge in [0.15, 0.2) is 0 Å². The van der Waals surface area contributed by atoms with Crippen LogP contribution in [0.15, 0.2) is 166 Å². The van der Waals surface area contributed by atoms with E-state index in [1.165, 1.54) is 19.0 Å². The van der Waals surface area contributed by atoms with Gasteiger partial charge in [0.2, 0.25) is 0 Å². The SMILES string of the molecule is Cc1ccnc(-c2cc(C#Cc3cncnc3)ccn2)c1.Cc1ccnc(-c2cc(C#Cc3cncnc3)ccn2)c1.Cc1ccnc(-c2cc(C#Cc3cncnc3)ccn2)c1.F[P-](F)(F)(F)(F)F.F[P-](F)(F)(F)(F)F.F[P-](F)(F)(F)(F)F.[Fe+3]. The van der Waals surface area contributed by atoms with E-state index in [0.717, 1.165) is 84.2 Å². The summed E-state index contributed by atoms with van der Waals surface area (Å²) in [6.45, 7) is 6.10. The second-order valence-corrected chi connectivity index (χ2v) is 22.2. The molecular formula is C51H36F18FeN12P3. The Bertz CT molecular complexity index is 3470. The number of hydrogen-bond acceptors (Lipinski definition) is 12. The van der Waals surface area contributed by atoms with Crippen LogP contribution in [0.25, 0.3) is 34.2 Å². The van der Waals surface area contributed by atoms with Crippen LogP contribution in [0.4, 0.5) is 75.5 Å². The average Bonchev–Trinajstić information content (AvgIpc) is 1.74. The van der Waals surface area contributed by atoms with E-state index in [4.69, 9.17) is 0 Å². The van der Waals surface area contributed by atoms with Crippen LogP contribution in [-0.4, -0.2) is 59.8 Å². The summed E-state index contributed by atoms with van der Waals surface area (Å²) >= 11 is 0. The number of pyridine rings is 6. The topological polar surface area (TPSA) is 155 Å². The minimum absolute atomic E-state index is 0. The fraction of sp³-hybridized carbons (Fsp3) is 0.0588. The van der Waals surface area contributed by atoms with E-state index in [9.17, 15) is 75.5 Å². The van der Waals surface area contributed by atoms with Crippen molar-refractivity contribution in [3.63, 3.8) is 0 Å². The van der Waals surface area contributed by atoms with Crippen LogP contribution in [0.2, 0.25) is 0 Å². The van der Waals surface area contributed by atoms with Crippen LogP contribution in [0.1, 0.15) is 50.1 Å². The third-order valence-corrected chi connectivity index (χ3v) is 8.55. The molecule has 1 radical (unpaired) electrons. The molecule has 0 bridgehead atoms. The van der Waals surface area contributed by atoms with Gasteiger partial charge >= 0.3 is 116 Å². The molecule has 12 nitrogen and oxygen atoms in total. The number of aryl methyl sites for hydroxylation is 3. The molecule has 449 valence electrons. The van der Waals surface area contributed by atoms with Gasteiger partial charge in [-0.15, -0.1) is 0 Å². The minimum Gasteiger partial charge on any atom is 3.00 e. The van der Waals surface area contributed by atoms with Crippen molar-refractivity contribution in [3.05, 3.63) is 216 Å². The van der Waals surface area contributed by atoms with Crippen LogP contribution < -0.4 is 0 Å². The van der Waals surface area contributed by atoms with Crippen molar-refractivity contribution in [1.82, 2.24) is 59.8 Å². The number of halogens is 18.